The number of likely N-dealkylation sites (N-methyl/N-ethyl adjacent to an activating group) is 1. The number of benzene rings is 1. The zero-order chi connectivity index (χ0) is 23.4. The van der Waals surface area contributed by atoms with Crippen molar-refractivity contribution in [2.45, 2.75) is 69.4 Å². The monoisotopic (exact) mass is 453 g/mol. The lowest BCUT2D eigenvalue weighted by molar-refractivity contribution is -0.854. The molecular formula is C26H39N5O2. The first-order valence-electron chi connectivity index (χ1n) is 12.5. The molecule has 0 aromatic heterocycles. The summed E-state index contributed by atoms with van der Waals surface area (Å²) in [6.45, 7) is 5.48. The van der Waals surface area contributed by atoms with Gasteiger partial charge in [-0.15, -0.1) is 0 Å². The number of carbonyl (C=O) groups is 1. The molecule has 0 unspecified atom stereocenters. The van der Waals surface area contributed by atoms with E-state index in [2.05, 4.69) is 36.2 Å². The summed E-state index contributed by atoms with van der Waals surface area (Å²) in [6.07, 6.45) is 8.36. The average Bonchev–Trinajstić information content (AvgIpc) is 3.02. The molecule has 33 heavy (non-hydrogen) atoms. The molecule has 3 aliphatic rings. The van der Waals surface area contributed by atoms with Gasteiger partial charge in [-0.3, -0.25) is 4.79 Å². The third kappa shape index (κ3) is 5.58. The molecule has 0 spiro atoms. The van der Waals surface area contributed by atoms with Crippen molar-refractivity contribution in [2.24, 2.45) is 22.6 Å². The summed E-state index contributed by atoms with van der Waals surface area (Å²) < 4.78 is 0. The molecule has 4 N–H and O–H groups in total. The fourth-order valence-corrected chi connectivity index (χ4v) is 5.88. The van der Waals surface area contributed by atoms with E-state index in [1.54, 1.807) is 0 Å². The SMILES string of the molecule is C=C1N(C)C(N)=N[C@]1(CCc1ccccc1)C[C@H]1CCC[C@@H](NC(=O)C2CC[NH+]([O-])CC2)C1. The molecule has 3 atom stereocenters. The Morgan fingerprint density at radius 1 is 1.27 bits per heavy atom. The van der Waals surface area contributed by atoms with E-state index < -0.39 is 0 Å². The third-order valence-corrected chi connectivity index (χ3v) is 7.95. The van der Waals surface area contributed by atoms with Gasteiger partial charge < -0.3 is 26.2 Å². The van der Waals surface area contributed by atoms with Crippen LogP contribution in [0.25, 0.3) is 0 Å². The highest BCUT2D eigenvalue weighted by Gasteiger charge is 2.43. The summed E-state index contributed by atoms with van der Waals surface area (Å²) in [5, 5.41) is 15.1. The number of quaternary nitrogens is 1. The molecule has 7 heteroatoms. The van der Waals surface area contributed by atoms with E-state index in [0.29, 0.717) is 42.9 Å². The largest absolute Gasteiger partial charge is 0.634 e. The average molecular weight is 454 g/mol. The van der Waals surface area contributed by atoms with Gasteiger partial charge in [0.1, 0.15) is 5.54 Å². The Hall–Kier alpha value is -2.38. The quantitative estimate of drug-likeness (QED) is 0.550. The third-order valence-electron chi connectivity index (χ3n) is 7.95. The predicted octanol–water partition coefficient (Wildman–Crippen LogP) is 1.99. The van der Waals surface area contributed by atoms with Crippen molar-refractivity contribution in [1.29, 1.82) is 0 Å². The number of nitrogens with two attached hydrogens (primary N) is 1. The molecule has 2 fully saturated rings. The Kier molecular flexibility index (Phi) is 7.39. The number of hydrogen-bond acceptors (Lipinski definition) is 5. The number of hydroxylamine groups is 2. The van der Waals surface area contributed by atoms with Crippen molar-refractivity contribution >= 4 is 11.9 Å². The van der Waals surface area contributed by atoms with Crippen molar-refractivity contribution in [3.8, 4) is 0 Å². The molecule has 2 aliphatic heterocycles. The molecule has 4 rings (SSSR count). The molecule has 0 radical (unpaired) electrons. The lowest BCUT2D eigenvalue weighted by Gasteiger charge is -2.37. The fourth-order valence-electron chi connectivity index (χ4n) is 5.88. The molecule has 180 valence electrons. The van der Waals surface area contributed by atoms with Gasteiger partial charge in [-0.05, 0) is 43.6 Å². The van der Waals surface area contributed by atoms with Crippen molar-refractivity contribution < 1.29 is 9.86 Å². The number of rotatable bonds is 7. The van der Waals surface area contributed by atoms with E-state index in [1.165, 1.54) is 5.56 Å². The van der Waals surface area contributed by atoms with Crippen LogP contribution < -0.4 is 16.1 Å². The van der Waals surface area contributed by atoms with Gasteiger partial charge in [0.2, 0.25) is 5.91 Å². The van der Waals surface area contributed by atoms with Crippen LogP contribution in [0.2, 0.25) is 0 Å². The maximum Gasteiger partial charge on any atom is 0.223 e. The van der Waals surface area contributed by atoms with Crippen molar-refractivity contribution in [3.63, 3.8) is 0 Å². The van der Waals surface area contributed by atoms with Crippen molar-refractivity contribution in [1.82, 2.24) is 10.2 Å². The van der Waals surface area contributed by atoms with Gasteiger partial charge in [0.25, 0.3) is 0 Å². The van der Waals surface area contributed by atoms with Crippen LogP contribution >= 0.6 is 0 Å². The molecule has 7 nitrogen and oxygen atoms in total. The first-order chi connectivity index (χ1) is 15.9. The lowest BCUT2D eigenvalue weighted by Crippen LogP contribution is -3.08. The van der Waals surface area contributed by atoms with Crippen LogP contribution in [0.15, 0.2) is 47.6 Å². The van der Waals surface area contributed by atoms with E-state index in [4.69, 9.17) is 10.7 Å². The summed E-state index contributed by atoms with van der Waals surface area (Å²) in [5.74, 6) is 1.14. The summed E-state index contributed by atoms with van der Waals surface area (Å²) in [7, 11) is 1.95. The topological polar surface area (TPSA) is 98.2 Å². The van der Waals surface area contributed by atoms with Crippen LogP contribution in [0.3, 0.4) is 0 Å². The van der Waals surface area contributed by atoms with Crippen LogP contribution in [0, 0.1) is 17.0 Å². The smallest absolute Gasteiger partial charge is 0.223 e. The predicted molar refractivity (Wildman–Crippen MR) is 131 cm³/mol. The minimum Gasteiger partial charge on any atom is -0.634 e. The number of carbonyl (C=O) groups excluding carboxylic acids is 1. The Labute approximate surface area is 197 Å². The normalized spacial score (nSPS) is 32.5. The van der Waals surface area contributed by atoms with Crippen LogP contribution in [0.1, 0.15) is 56.9 Å². The van der Waals surface area contributed by atoms with Crippen molar-refractivity contribution in [2.75, 3.05) is 20.1 Å². The minimum absolute atomic E-state index is 0.00653. The van der Waals surface area contributed by atoms with E-state index in [0.717, 1.165) is 50.6 Å². The Balaban J connectivity index is 1.39. The molecule has 1 saturated carbocycles. The maximum absolute atomic E-state index is 12.8. The van der Waals surface area contributed by atoms with Gasteiger partial charge in [0.15, 0.2) is 5.96 Å². The van der Waals surface area contributed by atoms with E-state index in [9.17, 15) is 10.0 Å². The fraction of sp³-hybridized carbons (Fsp3) is 0.615. The van der Waals surface area contributed by atoms with E-state index >= 15 is 0 Å². The molecule has 1 aromatic carbocycles. The number of aryl methyl sites for hydroxylation is 1. The first kappa shape index (κ1) is 23.8. The highest BCUT2D eigenvalue weighted by atomic mass is 16.5. The Morgan fingerprint density at radius 3 is 2.67 bits per heavy atom. The Bertz CT molecular complexity index is 865. The molecule has 1 aliphatic carbocycles. The number of aliphatic imine (C=N–C) groups is 1. The summed E-state index contributed by atoms with van der Waals surface area (Å²) >= 11 is 0. The van der Waals surface area contributed by atoms with Crippen LogP contribution in [0.5, 0.6) is 0 Å². The second-order valence-electron chi connectivity index (χ2n) is 10.2. The zero-order valence-electron chi connectivity index (χ0n) is 19.9. The van der Waals surface area contributed by atoms with Gasteiger partial charge >= 0.3 is 0 Å². The number of nitrogens with one attached hydrogen (secondary N) is 2. The van der Waals surface area contributed by atoms with Crippen LogP contribution in [0.4, 0.5) is 0 Å². The standard InChI is InChI=1S/C26H39N5O2/c1-19-26(29-25(27)30(19)2,14-11-20-7-4-3-5-8-20)18-21-9-6-10-23(17-21)28-24(32)22-12-15-31(33)16-13-22/h3-5,7-8,21-23,31H,1,6,9-18H2,2H3,(H2,27,29)(H,28,32)/t21-,23+,26+/m0/s1. The molecule has 2 heterocycles. The van der Waals surface area contributed by atoms with Crippen molar-refractivity contribution in [3.05, 3.63) is 53.4 Å². The molecular weight excluding hydrogens is 414 g/mol. The number of nitrogens with zero attached hydrogens (tertiary/aromatic N) is 2. The first-order valence-corrected chi connectivity index (χ1v) is 12.5. The van der Waals surface area contributed by atoms with E-state index in [1.807, 2.05) is 18.0 Å². The zero-order valence-corrected chi connectivity index (χ0v) is 19.9. The summed E-state index contributed by atoms with van der Waals surface area (Å²) in [4.78, 5) is 19.7. The highest BCUT2D eigenvalue weighted by Crippen LogP contribution is 2.42. The molecule has 1 aromatic rings. The van der Waals surface area contributed by atoms with Crippen LogP contribution in [-0.2, 0) is 11.2 Å². The summed E-state index contributed by atoms with van der Waals surface area (Å²) in [6, 6.07) is 10.7. The van der Waals surface area contributed by atoms with Gasteiger partial charge in [-0.1, -0.05) is 49.8 Å². The maximum atomic E-state index is 12.8. The Morgan fingerprint density at radius 2 is 2.00 bits per heavy atom. The number of hydrogen-bond donors (Lipinski definition) is 3. The highest BCUT2D eigenvalue weighted by molar-refractivity contribution is 5.83. The van der Waals surface area contributed by atoms with Gasteiger partial charge in [-0.2, -0.15) is 0 Å². The van der Waals surface area contributed by atoms with E-state index in [-0.39, 0.29) is 23.4 Å². The summed E-state index contributed by atoms with van der Waals surface area (Å²) in [5.41, 5.74) is 8.14. The number of piperidine rings is 1. The second-order valence-corrected chi connectivity index (χ2v) is 10.2. The molecule has 0 bridgehead atoms. The van der Waals surface area contributed by atoms with Gasteiger partial charge in [0.05, 0.1) is 13.1 Å². The molecule has 1 amide bonds. The minimum atomic E-state index is -0.380. The number of guanidine groups is 1. The van der Waals surface area contributed by atoms with Crippen LogP contribution in [-0.4, -0.2) is 48.5 Å². The van der Waals surface area contributed by atoms with Gasteiger partial charge in [-0.25, -0.2) is 4.99 Å². The lowest BCUT2D eigenvalue weighted by atomic mass is 9.74. The number of amides is 1. The van der Waals surface area contributed by atoms with Gasteiger partial charge in [0, 0.05) is 37.5 Å². The molecule has 1 saturated heterocycles. The second kappa shape index (κ2) is 10.3.